The average Bonchev–Trinajstić information content (AvgIpc) is 3.47. The Labute approximate surface area is 191 Å². The van der Waals surface area contributed by atoms with Gasteiger partial charge in [-0.3, -0.25) is 25.0 Å². The van der Waals surface area contributed by atoms with Crippen LogP contribution < -0.4 is 10.9 Å². The zero-order valence-electron chi connectivity index (χ0n) is 16.9. The molecule has 0 aliphatic rings. The van der Waals surface area contributed by atoms with Gasteiger partial charge < -0.3 is 0 Å². The van der Waals surface area contributed by atoms with Crippen LogP contribution in [0.1, 0.15) is 15.2 Å². The summed E-state index contributed by atoms with van der Waals surface area (Å²) in [5, 5.41) is 10.6. The van der Waals surface area contributed by atoms with E-state index in [0.717, 1.165) is 23.0 Å². The number of carbonyl (C=O) groups excluding carboxylic acids is 2. The van der Waals surface area contributed by atoms with E-state index in [2.05, 4.69) is 21.0 Å². The number of nitrogens with zero attached hydrogens (tertiary/aromatic N) is 3. The number of thiophene rings is 1. The fourth-order valence-electron chi connectivity index (χ4n) is 2.87. The molecule has 2 aromatic heterocycles. The molecule has 0 aliphatic heterocycles. The summed E-state index contributed by atoms with van der Waals surface area (Å²) < 4.78 is 16.2. The molecule has 4 rings (SSSR count). The van der Waals surface area contributed by atoms with E-state index >= 15 is 0 Å². The quantitative estimate of drug-likeness (QED) is 0.331. The maximum absolute atomic E-state index is 14.5. The highest BCUT2D eigenvalue weighted by atomic mass is 32.2. The van der Waals surface area contributed by atoms with Crippen molar-refractivity contribution >= 4 is 34.9 Å². The number of hydrazine groups is 1. The fraction of sp³-hybridized carbons (Fsp3) is 0.0909. The first-order valence-corrected chi connectivity index (χ1v) is 11.4. The molecule has 0 spiro atoms. The van der Waals surface area contributed by atoms with Gasteiger partial charge in [0.2, 0.25) is 5.91 Å². The Balaban J connectivity index is 1.53. The lowest BCUT2D eigenvalue weighted by Crippen LogP contribution is -2.42. The second kappa shape index (κ2) is 9.75. The molecule has 0 bridgehead atoms. The third-order valence-corrected chi connectivity index (χ3v) is 6.23. The molecule has 2 N–H and O–H groups in total. The molecule has 4 aromatic rings. The maximum atomic E-state index is 14.5. The van der Waals surface area contributed by atoms with Gasteiger partial charge in [-0.15, -0.1) is 21.5 Å². The van der Waals surface area contributed by atoms with E-state index < -0.39 is 11.7 Å². The lowest BCUT2D eigenvalue weighted by atomic mass is 10.2. The first-order chi connectivity index (χ1) is 15.5. The standard InChI is InChI=1S/C22H18FN5O2S2/c1-14-8-10-15(11-9-14)28-20(16-5-2-3-6-17(16)23)25-27-22(28)32-13-19(29)24-26-21(30)18-7-4-12-31-18/h2-12H,13H2,1H3,(H,24,29)(H,26,30). The van der Waals surface area contributed by atoms with Crippen LogP contribution in [-0.2, 0) is 4.79 Å². The summed E-state index contributed by atoms with van der Waals surface area (Å²) in [6.07, 6.45) is 0. The number of rotatable bonds is 6. The van der Waals surface area contributed by atoms with Crippen LogP contribution in [0.4, 0.5) is 4.39 Å². The zero-order valence-corrected chi connectivity index (χ0v) is 18.5. The van der Waals surface area contributed by atoms with Gasteiger partial charge in [0.05, 0.1) is 16.2 Å². The highest BCUT2D eigenvalue weighted by molar-refractivity contribution is 7.99. The Morgan fingerprint density at radius 1 is 1.03 bits per heavy atom. The minimum absolute atomic E-state index is 0.0218. The molecule has 0 fully saturated rings. The minimum Gasteiger partial charge on any atom is -0.272 e. The van der Waals surface area contributed by atoms with Gasteiger partial charge in [0, 0.05) is 5.69 Å². The number of nitrogens with one attached hydrogen (secondary N) is 2. The lowest BCUT2D eigenvalue weighted by molar-refractivity contribution is -0.119. The van der Waals surface area contributed by atoms with Crippen molar-refractivity contribution in [3.63, 3.8) is 0 Å². The summed E-state index contributed by atoms with van der Waals surface area (Å²) in [5.74, 6) is -0.903. The predicted molar refractivity (Wildman–Crippen MR) is 122 cm³/mol. The molecule has 162 valence electrons. The second-order valence-electron chi connectivity index (χ2n) is 6.73. The van der Waals surface area contributed by atoms with Gasteiger partial charge in [-0.2, -0.15) is 0 Å². The number of benzene rings is 2. The van der Waals surface area contributed by atoms with Crippen molar-refractivity contribution in [2.45, 2.75) is 12.1 Å². The first-order valence-electron chi connectivity index (χ1n) is 9.56. The average molecular weight is 468 g/mol. The topological polar surface area (TPSA) is 88.9 Å². The summed E-state index contributed by atoms with van der Waals surface area (Å²) in [5.41, 5.74) is 6.89. The van der Waals surface area contributed by atoms with Crippen molar-refractivity contribution in [2.75, 3.05) is 5.75 Å². The van der Waals surface area contributed by atoms with E-state index in [4.69, 9.17) is 0 Å². The van der Waals surface area contributed by atoms with Gasteiger partial charge in [-0.1, -0.05) is 47.7 Å². The summed E-state index contributed by atoms with van der Waals surface area (Å²) in [6, 6.07) is 17.4. The van der Waals surface area contributed by atoms with Gasteiger partial charge in [0.15, 0.2) is 11.0 Å². The van der Waals surface area contributed by atoms with E-state index in [9.17, 15) is 14.0 Å². The van der Waals surface area contributed by atoms with Crippen molar-refractivity contribution in [1.29, 1.82) is 0 Å². The van der Waals surface area contributed by atoms with Crippen molar-refractivity contribution < 1.29 is 14.0 Å². The van der Waals surface area contributed by atoms with Crippen LogP contribution in [0, 0.1) is 12.7 Å². The molecular formula is C22H18FN5O2S2. The zero-order chi connectivity index (χ0) is 22.5. The van der Waals surface area contributed by atoms with Crippen LogP contribution in [0.15, 0.2) is 71.2 Å². The predicted octanol–water partition coefficient (Wildman–Crippen LogP) is 4.00. The summed E-state index contributed by atoms with van der Waals surface area (Å²) >= 11 is 2.41. The van der Waals surface area contributed by atoms with Gasteiger partial charge in [-0.25, -0.2) is 4.39 Å². The number of hydrogen-bond acceptors (Lipinski definition) is 6. The summed E-state index contributed by atoms with van der Waals surface area (Å²) in [7, 11) is 0. The van der Waals surface area contributed by atoms with Crippen LogP contribution in [0.25, 0.3) is 17.1 Å². The van der Waals surface area contributed by atoms with Gasteiger partial charge in [-0.05, 0) is 42.6 Å². The highest BCUT2D eigenvalue weighted by Gasteiger charge is 2.19. The van der Waals surface area contributed by atoms with Crippen molar-refractivity contribution in [3.05, 3.63) is 82.3 Å². The van der Waals surface area contributed by atoms with E-state index in [0.29, 0.717) is 21.4 Å². The number of thioether (sulfide) groups is 1. The number of halogens is 1. The maximum Gasteiger partial charge on any atom is 0.279 e. The van der Waals surface area contributed by atoms with E-state index in [1.165, 1.54) is 17.4 Å². The Hall–Kier alpha value is -3.50. The highest BCUT2D eigenvalue weighted by Crippen LogP contribution is 2.29. The molecule has 2 aromatic carbocycles. The molecule has 10 heteroatoms. The third-order valence-electron chi connectivity index (χ3n) is 4.43. The van der Waals surface area contributed by atoms with Crippen molar-refractivity contribution in [1.82, 2.24) is 25.6 Å². The number of aromatic nitrogens is 3. The number of hydrogen-bond donors (Lipinski definition) is 2. The normalized spacial score (nSPS) is 10.7. The molecule has 0 radical (unpaired) electrons. The summed E-state index contributed by atoms with van der Waals surface area (Å²) in [6.45, 7) is 1.97. The lowest BCUT2D eigenvalue weighted by Gasteiger charge is -2.11. The van der Waals surface area contributed by atoms with Gasteiger partial charge in [0.1, 0.15) is 5.82 Å². The third kappa shape index (κ3) is 4.87. The minimum atomic E-state index is -0.418. The SMILES string of the molecule is Cc1ccc(-n2c(SCC(=O)NNC(=O)c3cccs3)nnc2-c2ccccc2F)cc1. The van der Waals surface area contributed by atoms with Gasteiger partial charge >= 0.3 is 0 Å². The molecule has 0 saturated heterocycles. The van der Waals surface area contributed by atoms with E-state index in [-0.39, 0.29) is 11.7 Å². The molecular weight excluding hydrogens is 449 g/mol. The molecule has 32 heavy (non-hydrogen) atoms. The number of carbonyl (C=O) groups is 2. The second-order valence-corrected chi connectivity index (χ2v) is 8.62. The summed E-state index contributed by atoms with van der Waals surface area (Å²) in [4.78, 5) is 24.7. The molecule has 0 unspecified atom stereocenters. The Bertz CT molecular complexity index is 1240. The van der Waals surface area contributed by atoms with Crippen LogP contribution in [-0.4, -0.2) is 32.3 Å². The fourth-order valence-corrected chi connectivity index (χ4v) is 4.24. The number of amides is 2. The van der Waals surface area contributed by atoms with Crippen LogP contribution in [0.5, 0.6) is 0 Å². The molecule has 2 amide bonds. The van der Waals surface area contributed by atoms with Crippen molar-refractivity contribution in [2.24, 2.45) is 0 Å². The molecule has 7 nitrogen and oxygen atoms in total. The first kappa shape index (κ1) is 21.7. The van der Waals surface area contributed by atoms with Crippen LogP contribution in [0.2, 0.25) is 0 Å². The Morgan fingerprint density at radius 2 is 1.81 bits per heavy atom. The Morgan fingerprint density at radius 3 is 2.53 bits per heavy atom. The van der Waals surface area contributed by atoms with E-state index in [1.54, 1.807) is 40.3 Å². The van der Waals surface area contributed by atoms with Crippen molar-refractivity contribution in [3.8, 4) is 17.1 Å². The van der Waals surface area contributed by atoms with Gasteiger partial charge in [0.25, 0.3) is 5.91 Å². The molecule has 0 saturated carbocycles. The smallest absolute Gasteiger partial charge is 0.272 e. The largest absolute Gasteiger partial charge is 0.279 e. The van der Waals surface area contributed by atoms with Crippen LogP contribution >= 0.6 is 23.1 Å². The van der Waals surface area contributed by atoms with Crippen LogP contribution in [0.3, 0.4) is 0 Å². The van der Waals surface area contributed by atoms with E-state index in [1.807, 2.05) is 31.2 Å². The molecule has 0 atom stereocenters. The molecule has 0 aliphatic carbocycles. The molecule has 2 heterocycles. The monoisotopic (exact) mass is 467 g/mol. The number of aryl methyl sites for hydroxylation is 1. The Kier molecular flexibility index (Phi) is 6.62.